The summed E-state index contributed by atoms with van der Waals surface area (Å²) in [6.07, 6.45) is 2.83. The first-order valence-corrected chi connectivity index (χ1v) is 8.69. The molecule has 0 saturated carbocycles. The van der Waals surface area contributed by atoms with Crippen LogP contribution in [0, 0.1) is 0 Å². The molecule has 4 heteroatoms. The minimum atomic E-state index is -1.03. The van der Waals surface area contributed by atoms with Gasteiger partial charge in [0.2, 0.25) is 5.91 Å². The second-order valence-electron chi connectivity index (χ2n) is 6.39. The van der Waals surface area contributed by atoms with Crippen LogP contribution < -0.4 is 11.1 Å². The molecule has 0 aromatic heterocycles. The van der Waals surface area contributed by atoms with E-state index in [1.54, 1.807) is 6.92 Å². The van der Waals surface area contributed by atoms with Gasteiger partial charge in [-0.1, -0.05) is 52.3 Å². The van der Waals surface area contributed by atoms with Gasteiger partial charge in [-0.25, -0.2) is 0 Å². The van der Waals surface area contributed by atoms with Crippen molar-refractivity contribution in [2.75, 3.05) is 0 Å². The van der Waals surface area contributed by atoms with Gasteiger partial charge in [0.1, 0.15) is 5.54 Å². The lowest BCUT2D eigenvalue weighted by Gasteiger charge is -2.30. The van der Waals surface area contributed by atoms with Crippen LogP contribution in [0.4, 0.5) is 0 Å². The van der Waals surface area contributed by atoms with Gasteiger partial charge in [-0.3, -0.25) is 4.79 Å². The van der Waals surface area contributed by atoms with E-state index in [4.69, 9.17) is 5.73 Å². The highest BCUT2D eigenvalue weighted by molar-refractivity contribution is 9.10. The first kappa shape index (κ1) is 16.2. The summed E-state index contributed by atoms with van der Waals surface area (Å²) in [4.78, 5) is 12.7. The van der Waals surface area contributed by atoms with Gasteiger partial charge in [-0.15, -0.1) is 0 Å². The Hall–Kier alpha value is -1.65. The molecule has 0 fully saturated rings. The lowest BCUT2D eigenvalue weighted by atomic mass is 9.87. The normalized spacial score (nSPS) is 19.5. The van der Waals surface area contributed by atoms with Crippen molar-refractivity contribution < 1.29 is 4.79 Å². The number of hydrogen-bond donors (Lipinski definition) is 2. The zero-order valence-electron chi connectivity index (χ0n) is 13.2. The molecule has 2 atom stereocenters. The highest BCUT2D eigenvalue weighted by Crippen LogP contribution is 2.24. The van der Waals surface area contributed by atoms with Gasteiger partial charge >= 0.3 is 0 Å². The van der Waals surface area contributed by atoms with Crippen LogP contribution in [0.5, 0.6) is 0 Å². The van der Waals surface area contributed by atoms with Gasteiger partial charge in [-0.2, -0.15) is 0 Å². The average molecular weight is 373 g/mol. The number of halogens is 1. The minimum absolute atomic E-state index is 0.121. The molecule has 120 valence electrons. The number of nitrogens with two attached hydrogens (primary N) is 1. The van der Waals surface area contributed by atoms with Crippen LogP contribution in [0.25, 0.3) is 0 Å². The van der Waals surface area contributed by atoms with Crippen LogP contribution in [0.3, 0.4) is 0 Å². The third-order valence-corrected chi connectivity index (χ3v) is 5.13. The number of carbonyl (C=O) groups is 1. The Bertz CT molecular complexity index is 710. The summed E-state index contributed by atoms with van der Waals surface area (Å²) in [6, 6.07) is 16.2. The molecule has 2 aromatic rings. The number of amides is 1. The smallest absolute Gasteiger partial charge is 0.244 e. The van der Waals surface area contributed by atoms with Gasteiger partial charge < -0.3 is 11.1 Å². The quantitative estimate of drug-likeness (QED) is 0.868. The van der Waals surface area contributed by atoms with Crippen molar-refractivity contribution in [2.24, 2.45) is 5.73 Å². The summed E-state index contributed by atoms with van der Waals surface area (Å²) in [5, 5.41) is 3.14. The Morgan fingerprint density at radius 1 is 1.17 bits per heavy atom. The fourth-order valence-electron chi connectivity index (χ4n) is 3.08. The number of aryl methyl sites for hydroxylation is 1. The molecule has 3 N–H and O–H groups in total. The minimum Gasteiger partial charge on any atom is -0.351 e. The molecule has 2 aromatic carbocycles. The Morgan fingerprint density at radius 3 is 2.52 bits per heavy atom. The van der Waals surface area contributed by atoms with Crippen molar-refractivity contribution in [3.05, 3.63) is 69.7 Å². The third-order valence-electron chi connectivity index (χ3n) is 4.60. The van der Waals surface area contributed by atoms with Crippen LogP contribution in [0.2, 0.25) is 0 Å². The summed E-state index contributed by atoms with van der Waals surface area (Å²) in [5.74, 6) is -0.121. The molecule has 3 rings (SSSR count). The first-order valence-electron chi connectivity index (χ1n) is 7.89. The van der Waals surface area contributed by atoms with E-state index >= 15 is 0 Å². The predicted octanol–water partition coefficient (Wildman–Crippen LogP) is 3.30. The van der Waals surface area contributed by atoms with E-state index in [1.807, 2.05) is 24.3 Å². The van der Waals surface area contributed by atoms with Gasteiger partial charge in [-0.05, 0) is 55.0 Å². The maximum atomic E-state index is 12.7. The standard InChI is InChI=1S/C19H21BrN2O/c1-19(21,15-7-9-16(20)10-8-15)18(23)22-17-11-6-13-4-2-3-5-14(13)12-17/h2-5,7-10,17H,6,11-12,21H2,1H3,(H,22,23). The van der Waals surface area contributed by atoms with E-state index in [1.165, 1.54) is 11.1 Å². The van der Waals surface area contributed by atoms with Crippen molar-refractivity contribution in [1.82, 2.24) is 5.32 Å². The summed E-state index contributed by atoms with van der Waals surface area (Å²) >= 11 is 3.40. The third kappa shape index (κ3) is 3.48. The molecule has 0 bridgehead atoms. The maximum absolute atomic E-state index is 12.7. The van der Waals surface area contributed by atoms with E-state index in [0.29, 0.717) is 0 Å². The number of benzene rings is 2. The molecule has 0 saturated heterocycles. The highest BCUT2D eigenvalue weighted by Gasteiger charge is 2.32. The van der Waals surface area contributed by atoms with E-state index in [0.717, 1.165) is 29.3 Å². The van der Waals surface area contributed by atoms with Crippen LogP contribution in [-0.4, -0.2) is 11.9 Å². The molecule has 0 radical (unpaired) electrons. The molecule has 1 aliphatic carbocycles. The van der Waals surface area contributed by atoms with E-state index in [-0.39, 0.29) is 11.9 Å². The fourth-order valence-corrected chi connectivity index (χ4v) is 3.35. The molecule has 2 unspecified atom stereocenters. The van der Waals surface area contributed by atoms with Crippen molar-refractivity contribution in [3.63, 3.8) is 0 Å². The highest BCUT2D eigenvalue weighted by atomic mass is 79.9. The summed E-state index contributed by atoms with van der Waals surface area (Å²) in [5.41, 5.74) is 8.82. The number of nitrogens with one attached hydrogen (secondary N) is 1. The van der Waals surface area contributed by atoms with Crippen LogP contribution in [0.1, 0.15) is 30.0 Å². The Balaban J connectivity index is 1.70. The summed E-state index contributed by atoms with van der Waals surface area (Å²) < 4.78 is 0.973. The summed E-state index contributed by atoms with van der Waals surface area (Å²) in [7, 11) is 0. The average Bonchev–Trinajstić information content (AvgIpc) is 2.55. The molecule has 1 aliphatic rings. The second kappa shape index (κ2) is 6.46. The molecule has 0 aliphatic heterocycles. The molecule has 0 spiro atoms. The number of fused-ring (bicyclic) bond motifs is 1. The Kier molecular flexibility index (Phi) is 4.55. The van der Waals surface area contributed by atoms with Gasteiger partial charge in [0.25, 0.3) is 0 Å². The van der Waals surface area contributed by atoms with Crippen LogP contribution in [0.15, 0.2) is 53.0 Å². The number of carbonyl (C=O) groups excluding carboxylic acids is 1. The maximum Gasteiger partial charge on any atom is 0.244 e. The zero-order chi connectivity index (χ0) is 16.4. The first-order chi connectivity index (χ1) is 11.0. The second-order valence-corrected chi connectivity index (χ2v) is 7.31. The van der Waals surface area contributed by atoms with Crippen LogP contribution in [-0.2, 0) is 23.2 Å². The molecular weight excluding hydrogens is 352 g/mol. The molecule has 1 amide bonds. The lowest BCUT2D eigenvalue weighted by Crippen LogP contribution is -2.53. The Labute approximate surface area is 145 Å². The van der Waals surface area contributed by atoms with Crippen molar-refractivity contribution >= 4 is 21.8 Å². The van der Waals surface area contributed by atoms with Crippen molar-refractivity contribution in [2.45, 2.75) is 37.8 Å². The topological polar surface area (TPSA) is 55.1 Å². The number of rotatable bonds is 3. The van der Waals surface area contributed by atoms with Crippen molar-refractivity contribution in [1.29, 1.82) is 0 Å². The largest absolute Gasteiger partial charge is 0.351 e. The fraction of sp³-hybridized carbons (Fsp3) is 0.316. The zero-order valence-corrected chi connectivity index (χ0v) is 14.8. The molecule has 0 heterocycles. The van der Waals surface area contributed by atoms with E-state index in [9.17, 15) is 4.79 Å². The van der Waals surface area contributed by atoms with Gasteiger partial charge in [0.05, 0.1) is 0 Å². The molecular formula is C19H21BrN2O. The van der Waals surface area contributed by atoms with E-state index < -0.39 is 5.54 Å². The lowest BCUT2D eigenvalue weighted by molar-refractivity contribution is -0.126. The SMILES string of the molecule is CC(N)(C(=O)NC1CCc2ccccc2C1)c1ccc(Br)cc1. The van der Waals surface area contributed by atoms with Crippen LogP contribution >= 0.6 is 15.9 Å². The molecule has 3 nitrogen and oxygen atoms in total. The predicted molar refractivity (Wildman–Crippen MR) is 96.1 cm³/mol. The monoisotopic (exact) mass is 372 g/mol. The van der Waals surface area contributed by atoms with E-state index in [2.05, 4.69) is 45.5 Å². The number of hydrogen-bond acceptors (Lipinski definition) is 2. The summed E-state index contributed by atoms with van der Waals surface area (Å²) in [6.45, 7) is 1.77. The van der Waals surface area contributed by atoms with Crippen molar-refractivity contribution in [3.8, 4) is 0 Å². The van der Waals surface area contributed by atoms with Gasteiger partial charge in [0, 0.05) is 10.5 Å². The van der Waals surface area contributed by atoms with Gasteiger partial charge in [0.15, 0.2) is 0 Å². The Morgan fingerprint density at radius 2 is 1.83 bits per heavy atom. The molecule has 23 heavy (non-hydrogen) atoms.